The average molecular weight is 469 g/mol. The first-order valence-electron chi connectivity index (χ1n) is 11.8. The lowest BCUT2D eigenvalue weighted by Gasteiger charge is -2.36. The molecule has 176 valence electrons. The SMILES string of the molecule is C=CCO[C@H](CN1CCN(C(=O)c2cc(C)nc(Cl)c2)CC1)c1cccc(N2CCCC2)c1. The molecule has 0 spiro atoms. The molecule has 33 heavy (non-hydrogen) atoms. The smallest absolute Gasteiger partial charge is 0.254 e. The van der Waals surface area contributed by atoms with Gasteiger partial charge in [0, 0.05) is 62.8 Å². The number of amides is 1. The fourth-order valence-electron chi connectivity index (χ4n) is 4.64. The molecule has 0 bridgehead atoms. The Labute approximate surface area is 201 Å². The first-order chi connectivity index (χ1) is 16.0. The molecule has 0 radical (unpaired) electrons. The molecule has 2 aliphatic heterocycles. The predicted molar refractivity (Wildman–Crippen MR) is 133 cm³/mol. The molecule has 2 aromatic rings. The zero-order valence-corrected chi connectivity index (χ0v) is 20.1. The van der Waals surface area contributed by atoms with Gasteiger partial charge in [0.1, 0.15) is 5.15 Å². The summed E-state index contributed by atoms with van der Waals surface area (Å²) in [4.78, 5) is 23.8. The van der Waals surface area contributed by atoms with Crippen LogP contribution in [-0.2, 0) is 4.74 Å². The molecular weight excluding hydrogens is 436 g/mol. The minimum Gasteiger partial charge on any atom is -0.372 e. The molecule has 0 N–H and O–H groups in total. The molecule has 1 aromatic carbocycles. The summed E-state index contributed by atoms with van der Waals surface area (Å²) in [5.41, 5.74) is 3.83. The highest BCUT2D eigenvalue weighted by Gasteiger charge is 2.25. The number of carbonyl (C=O) groups excluding carboxylic acids is 1. The predicted octanol–water partition coefficient (Wildman–Crippen LogP) is 4.35. The van der Waals surface area contributed by atoms with Crippen LogP contribution in [0.2, 0.25) is 5.15 Å². The number of anilines is 1. The Balaban J connectivity index is 1.39. The maximum atomic E-state index is 12.9. The van der Waals surface area contributed by atoms with E-state index in [4.69, 9.17) is 16.3 Å². The van der Waals surface area contributed by atoms with Crippen molar-refractivity contribution < 1.29 is 9.53 Å². The molecule has 2 saturated heterocycles. The number of benzene rings is 1. The van der Waals surface area contributed by atoms with Crippen molar-refractivity contribution in [1.82, 2.24) is 14.8 Å². The Bertz CT molecular complexity index is 948. The van der Waals surface area contributed by atoms with Crippen molar-refractivity contribution in [1.29, 1.82) is 0 Å². The van der Waals surface area contributed by atoms with E-state index in [0.29, 0.717) is 30.4 Å². The van der Waals surface area contributed by atoms with Crippen LogP contribution in [0.5, 0.6) is 0 Å². The molecule has 1 aromatic heterocycles. The molecule has 0 saturated carbocycles. The summed E-state index contributed by atoms with van der Waals surface area (Å²) in [6.07, 6.45) is 4.29. The zero-order valence-electron chi connectivity index (χ0n) is 19.4. The summed E-state index contributed by atoms with van der Waals surface area (Å²) < 4.78 is 6.19. The average Bonchev–Trinajstić information content (AvgIpc) is 3.36. The summed E-state index contributed by atoms with van der Waals surface area (Å²) in [7, 11) is 0. The van der Waals surface area contributed by atoms with E-state index in [1.54, 1.807) is 18.2 Å². The second kappa shape index (κ2) is 11.1. The van der Waals surface area contributed by atoms with Crippen molar-refractivity contribution in [2.24, 2.45) is 0 Å². The fraction of sp³-hybridized carbons (Fsp3) is 0.462. The number of carbonyl (C=O) groups is 1. The van der Waals surface area contributed by atoms with Crippen molar-refractivity contribution in [2.75, 3.05) is 57.3 Å². The number of aryl methyl sites for hydroxylation is 1. The lowest BCUT2D eigenvalue weighted by atomic mass is 10.1. The van der Waals surface area contributed by atoms with Gasteiger partial charge in [0.05, 0.1) is 12.7 Å². The highest BCUT2D eigenvalue weighted by atomic mass is 35.5. The molecule has 2 fully saturated rings. The third-order valence-corrected chi connectivity index (χ3v) is 6.57. The van der Waals surface area contributed by atoms with Gasteiger partial charge in [0.2, 0.25) is 0 Å². The van der Waals surface area contributed by atoms with Gasteiger partial charge in [0.15, 0.2) is 0 Å². The first-order valence-corrected chi connectivity index (χ1v) is 12.1. The highest BCUT2D eigenvalue weighted by molar-refractivity contribution is 6.29. The normalized spacial score (nSPS) is 17.9. The molecule has 1 atom stereocenters. The second-order valence-electron chi connectivity index (χ2n) is 8.81. The first kappa shape index (κ1) is 23.7. The van der Waals surface area contributed by atoms with E-state index in [9.17, 15) is 4.79 Å². The van der Waals surface area contributed by atoms with Gasteiger partial charge in [-0.25, -0.2) is 4.98 Å². The van der Waals surface area contributed by atoms with Gasteiger partial charge in [-0.15, -0.1) is 6.58 Å². The van der Waals surface area contributed by atoms with Gasteiger partial charge in [0.25, 0.3) is 5.91 Å². The highest BCUT2D eigenvalue weighted by Crippen LogP contribution is 2.27. The maximum absolute atomic E-state index is 12.9. The largest absolute Gasteiger partial charge is 0.372 e. The Hall–Kier alpha value is -2.41. The van der Waals surface area contributed by atoms with Crippen molar-refractivity contribution in [3.05, 3.63) is 71.0 Å². The molecule has 6 nitrogen and oxygen atoms in total. The number of nitrogens with zero attached hydrogens (tertiary/aromatic N) is 4. The van der Waals surface area contributed by atoms with Crippen LogP contribution < -0.4 is 4.90 Å². The van der Waals surface area contributed by atoms with E-state index in [0.717, 1.165) is 38.4 Å². The summed E-state index contributed by atoms with van der Waals surface area (Å²) >= 11 is 6.05. The third-order valence-electron chi connectivity index (χ3n) is 6.38. The van der Waals surface area contributed by atoms with Crippen molar-refractivity contribution >= 4 is 23.2 Å². The van der Waals surface area contributed by atoms with Gasteiger partial charge in [-0.2, -0.15) is 0 Å². The van der Waals surface area contributed by atoms with Gasteiger partial charge in [-0.3, -0.25) is 9.69 Å². The van der Waals surface area contributed by atoms with Crippen molar-refractivity contribution in [3.8, 4) is 0 Å². The minimum absolute atomic E-state index is 0.0137. The van der Waals surface area contributed by atoms with Crippen LogP contribution in [-0.4, -0.2) is 73.1 Å². The standard InChI is InChI=1S/C26H33ClN4O2/c1-3-15-33-24(21-7-6-8-23(17-21)30-9-4-5-10-30)19-29-11-13-31(14-12-29)26(32)22-16-20(2)28-25(27)18-22/h3,6-8,16-18,24H,1,4-5,9-15,19H2,2H3/t24-/m1/s1. The van der Waals surface area contributed by atoms with Crippen LogP contribution in [0.15, 0.2) is 49.1 Å². The molecule has 2 aliphatic rings. The van der Waals surface area contributed by atoms with Gasteiger partial charge < -0.3 is 14.5 Å². The number of rotatable bonds is 8. The van der Waals surface area contributed by atoms with Gasteiger partial charge >= 0.3 is 0 Å². The van der Waals surface area contributed by atoms with Crippen LogP contribution in [0.1, 0.15) is 40.6 Å². The minimum atomic E-state index is -0.0329. The van der Waals surface area contributed by atoms with E-state index in [2.05, 4.69) is 45.6 Å². The molecule has 0 unspecified atom stereocenters. The van der Waals surface area contributed by atoms with Crippen molar-refractivity contribution in [3.63, 3.8) is 0 Å². The summed E-state index contributed by atoms with van der Waals surface area (Å²) in [6.45, 7) is 12.2. The van der Waals surface area contributed by atoms with Crippen LogP contribution in [0.4, 0.5) is 5.69 Å². The third kappa shape index (κ3) is 6.14. The van der Waals surface area contributed by atoms with Crippen LogP contribution >= 0.6 is 11.6 Å². The van der Waals surface area contributed by atoms with E-state index in [1.165, 1.54) is 24.1 Å². The van der Waals surface area contributed by atoms with E-state index in [1.807, 2.05) is 11.8 Å². The lowest BCUT2D eigenvalue weighted by molar-refractivity contribution is 0.0245. The lowest BCUT2D eigenvalue weighted by Crippen LogP contribution is -2.49. The number of piperazine rings is 1. The zero-order chi connectivity index (χ0) is 23.2. The van der Waals surface area contributed by atoms with Crippen LogP contribution in [0.3, 0.4) is 0 Å². The topological polar surface area (TPSA) is 48.9 Å². The van der Waals surface area contributed by atoms with Crippen LogP contribution in [0.25, 0.3) is 0 Å². The van der Waals surface area contributed by atoms with Crippen molar-refractivity contribution in [2.45, 2.75) is 25.9 Å². The molecule has 0 aliphatic carbocycles. The Morgan fingerprint density at radius 2 is 1.91 bits per heavy atom. The monoisotopic (exact) mass is 468 g/mol. The molecule has 7 heteroatoms. The summed E-state index contributed by atoms with van der Waals surface area (Å²) in [5.74, 6) is 0.0137. The van der Waals surface area contributed by atoms with Gasteiger partial charge in [-0.1, -0.05) is 29.8 Å². The second-order valence-corrected chi connectivity index (χ2v) is 9.20. The quantitative estimate of drug-likeness (QED) is 0.426. The number of halogens is 1. The summed E-state index contributed by atoms with van der Waals surface area (Å²) in [6, 6.07) is 12.2. The Morgan fingerprint density at radius 3 is 2.61 bits per heavy atom. The molecular formula is C26H33ClN4O2. The molecule has 3 heterocycles. The number of aromatic nitrogens is 1. The number of ether oxygens (including phenoxy) is 1. The number of pyridine rings is 1. The van der Waals surface area contributed by atoms with Gasteiger partial charge in [-0.05, 0) is 49.6 Å². The van der Waals surface area contributed by atoms with E-state index >= 15 is 0 Å². The Morgan fingerprint density at radius 1 is 1.15 bits per heavy atom. The van der Waals surface area contributed by atoms with E-state index in [-0.39, 0.29) is 12.0 Å². The van der Waals surface area contributed by atoms with E-state index < -0.39 is 0 Å². The number of hydrogen-bond acceptors (Lipinski definition) is 5. The number of hydrogen-bond donors (Lipinski definition) is 0. The molecule has 1 amide bonds. The fourth-order valence-corrected chi connectivity index (χ4v) is 4.89. The summed E-state index contributed by atoms with van der Waals surface area (Å²) in [5, 5.41) is 0.357. The maximum Gasteiger partial charge on any atom is 0.254 e. The molecule has 4 rings (SSSR count). The Kier molecular flexibility index (Phi) is 8.02. The van der Waals surface area contributed by atoms with Crippen LogP contribution in [0, 0.1) is 6.92 Å².